The monoisotopic (exact) mass is 232 g/mol. The minimum absolute atomic E-state index is 0.317. The Kier molecular flexibility index (Phi) is 8.84. The van der Waals surface area contributed by atoms with E-state index in [9.17, 15) is 5.11 Å². The zero-order valence-corrected chi connectivity index (χ0v) is 11.4. The lowest BCUT2D eigenvalue weighted by atomic mass is 10.1. The summed E-state index contributed by atoms with van der Waals surface area (Å²) >= 11 is 0. The lowest BCUT2D eigenvalue weighted by Crippen LogP contribution is -2.42. The standard InChI is InChI=1S/C12H28N2O2/c1-10(2)11(3)14(4)9-12(15)8-13-6-7-16-5/h10-13,15H,6-9H2,1-5H3. The number of likely N-dealkylation sites (N-methyl/N-ethyl adjacent to an activating group) is 1. The minimum Gasteiger partial charge on any atom is -0.390 e. The Balaban J connectivity index is 3.65. The number of methoxy groups -OCH3 is 1. The van der Waals surface area contributed by atoms with Crippen LogP contribution in [0.1, 0.15) is 20.8 Å². The van der Waals surface area contributed by atoms with E-state index in [4.69, 9.17) is 4.74 Å². The van der Waals surface area contributed by atoms with Gasteiger partial charge >= 0.3 is 0 Å². The normalized spacial score (nSPS) is 15.8. The van der Waals surface area contributed by atoms with E-state index in [-0.39, 0.29) is 6.10 Å². The second-order valence-corrected chi connectivity index (χ2v) is 4.77. The molecular formula is C12H28N2O2. The van der Waals surface area contributed by atoms with Gasteiger partial charge in [-0.15, -0.1) is 0 Å². The van der Waals surface area contributed by atoms with Gasteiger partial charge in [0.15, 0.2) is 0 Å². The van der Waals surface area contributed by atoms with Crippen LogP contribution in [0.5, 0.6) is 0 Å². The molecule has 0 heterocycles. The van der Waals surface area contributed by atoms with Crippen LogP contribution in [0.4, 0.5) is 0 Å². The summed E-state index contributed by atoms with van der Waals surface area (Å²) in [6, 6.07) is 0.494. The molecule has 0 spiro atoms. The second kappa shape index (κ2) is 8.93. The topological polar surface area (TPSA) is 44.7 Å². The molecule has 2 N–H and O–H groups in total. The first-order chi connectivity index (χ1) is 7.49. The fourth-order valence-electron chi connectivity index (χ4n) is 1.52. The summed E-state index contributed by atoms with van der Waals surface area (Å²) in [5.74, 6) is 0.610. The van der Waals surface area contributed by atoms with E-state index in [0.717, 1.165) is 6.54 Å². The summed E-state index contributed by atoms with van der Waals surface area (Å²) in [5.41, 5.74) is 0. The van der Waals surface area contributed by atoms with Crippen LogP contribution in [0.15, 0.2) is 0 Å². The average Bonchev–Trinajstić information content (AvgIpc) is 2.23. The predicted molar refractivity (Wildman–Crippen MR) is 67.7 cm³/mol. The molecule has 4 nitrogen and oxygen atoms in total. The molecule has 0 amide bonds. The molecule has 2 atom stereocenters. The molecule has 0 rings (SSSR count). The molecule has 0 saturated carbocycles. The second-order valence-electron chi connectivity index (χ2n) is 4.77. The molecule has 0 aliphatic rings. The van der Waals surface area contributed by atoms with Crippen molar-refractivity contribution in [2.45, 2.75) is 32.9 Å². The lowest BCUT2D eigenvalue weighted by Gasteiger charge is -2.29. The van der Waals surface area contributed by atoms with E-state index in [1.165, 1.54) is 0 Å². The van der Waals surface area contributed by atoms with Crippen LogP contribution in [0, 0.1) is 5.92 Å². The van der Waals surface area contributed by atoms with Crippen molar-refractivity contribution >= 4 is 0 Å². The highest BCUT2D eigenvalue weighted by atomic mass is 16.5. The van der Waals surface area contributed by atoms with Gasteiger partial charge in [0.1, 0.15) is 0 Å². The van der Waals surface area contributed by atoms with Crippen LogP contribution in [0.3, 0.4) is 0 Å². The van der Waals surface area contributed by atoms with E-state index in [1.807, 2.05) is 0 Å². The van der Waals surface area contributed by atoms with Crippen molar-refractivity contribution in [1.82, 2.24) is 10.2 Å². The minimum atomic E-state index is -0.317. The smallest absolute Gasteiger partial charge is 0.0791 e. The van der Waals surface area contributed by atoms with E-state index in [2.05, 4.69) is 38.0 Å². The summed E-state index contributed by atoms with van der Waals surface area (Å²) in [6.07, 6.45) is -0.317. The Morgan fingerprint density at radius 3 is 2.44 bits per heavy atom. The molecule has 0 aromatic rings. The SMILES string of the molecule is COCCNCC(O)CN(C)C(C)C(C)C. The van der Waals surface area contributed by atoms with Crippen molar-refractivity contribution in [3.05, 3.63) is 0 Å². The molecule has 0 aliphatic heterocycles. The zero-order valence-electron chi connectivity index (χ0n) is 11.4. The third-order valence-corrected chi connectivity index (χ3v) is 3.02. The van der Waals surface area contributed by atoms with Crippen LogP contribution >= 0.6 is 0 Å². The molecule has 0 aromatic heterocycles. The number of aliphatic hydroxyl groups excluding tert-OH is 1. The first-order valence-corrected chi connectivity index (χ1v) is 6.07. The number of nitrogens with one attached hydrogen (secondary N) is 1. The van der Waals surface area contributed by atoms with E-state index in [1.54, 1.807) is 7.11 Å². The van der Waals surface area contributed by atoms with Crippen molar-refractivity contribution in [2.75, 3.05) is 40.4 Å². The maximum Gasteiger partial charge on any atom is 0.0791 e. The fraction of sp³-hybridized carbons (Fsp3) is 1.00. The molecule has 98 valence electrons. The van der Waals surface area contributed by atoms with Crippen molar-refractivity contribution in [2.24, 2.45) is 5.92 Å². The molecule has 0 fully saturated rings. The highest BCUT2D eigenvalue weighted by molar-refractivity contribution is 4.71. The number of nitrogens with zero attached hydrogens (tertiary/aromatic N) is 1. The lowest BCUT2D eigenvalue weighted by molar-refractivity contribution is 0.0926. The maximum atomic E-state index is 9.80. The number of hydrogen-bond donors (Lipinski definition) is 2. The van der Waals surface area contributed by atoms with Gasteiger partial charge in [-0.3, -0.25) is 0 Å². The van der Waals surface area contributed by atoms with Crippen LogP contribution < -0.4 is 5.32 Å². The van der Waals surface area contributed by atoms with Crippen LogP contribution in [0.2, 0.25) is 0 Å². The number of rotatable bonds is 9. The molecule has 16 heavy (non-hydrogen) atoms. The number of hydrogen-bond acceptors (Lipinski definition) is 4. The van der Waals surface area contributed by atoms with Gasteiger partial charge in [0.05, 0.1) is 12.7 Å². The summed E-state index contributed by atoms with van der Waals surface area (Å²) in [6.45, 7) is 9.39. The molecule has 0 saturated heterocycles. The Bertz CT molecular complexity index is 165. The van der Waals surface area contributed by atoms with Gasteiger partial charge in [0.2, 0.25) is 0 Å². The molecule has 4 heteroatoms. The molecule has 0 aromatic carbocycles. The molecule has 2 unspecified atom stereocenters. The van der Waals surface area contributed by atoms with Gasteiger partial charge in [0, 0.05) is 32.8 Å². The highest BCUT2D eigenvalue weighted by Gasteiger charge is 2.15. The van der Waals surface area contributed by atoms with Crippen molar-refractivity contribution in [1.29, 1.82) is 0 Å². The van der Waals surface area contributed by atoms with Gasteiger partial charge in [-0.1, -0.05) is 13.8 Å². The molecule has 0 radical (unpaired) electrons. The van der Waals surface area contributed by atoms with Crippen molar-refractivity contribution in [3.8, 4) is 0 Å². The first kappa shape index (κ1) is 15.8. The molecular weight excluding hydrogens is 204 g/mol. The van der Waals surface area contributed by atoms with Gasteiger partial charge in [-0.2, -0.15) is 0 Å². The summed E-state index contributed by atoms with van der Waals surface area (Å²) in [7, 11) is 3.74. The Morgan fingerprint density at radius 1 is 1.31 bits per heavy atom. The third-order valence-electron chi connectivity index (χ3n) is 3.02. The van der Waals surface area contributed by atoms with E-state index >= 15 is 0 Å². The maximum absolute atomic E-state index is 9.80. The van der Waals surface area contributed by atoms with Crippen LogP contribution in [-0.4, -0.2) is 62.6 Å². The quantitative estimate of drug-likeness (QED) is 0.570. The van der Waals surface area contributed by atoms with Crippen molar-refractivity contribution < 1.29 is 9.84 Å². The Labute approximate surface area is 100.0 Å². The average molecular weight is 232 g/mol. The Hall–Kier alpha value is -0.160. The molecule has 0 bridgehead atoms. The van der Waals surface area contributed by atoms with Crippen molar-refractivity contribution in [3.63, 3.8) is 0 Å². The van der Waals surface area contributed by atoms with Crippen LogP contribution in [-0.2, 0) is 4.74 Å². The van der Waals surface area contributed by atoms with E-state index in [0.29, 0.717) is 31.7 Å². The largest absolute Gasteiger partial charge is 0.390 e. The Morgan fingerprint density at radius 2 is 1.94 bits per heavy atom. The summed E-state index contributed by atoms with van der Waals surface area (Å²) < 4.78 is 4.92. The van der Waals surface area contributed by atoms with Gasteiger partial charge in [-0.25, -0.2) is 0 Å². The fourth-order valence-corrected chi connectivity index (χ4v) is 1.52. The van der Waals surface area contributed by atoms with E-state index < -0.39 is 0 Å². The number of ether oxygens (including phenoxy) is 1. The zero-order chi connectivity index (χ0) is 12.6. The van der Waals surface area contributed by atoms with Crippen LogP contribution in [0.25, 0.3) is 0 Å². The predicted octanol–water partition coefficient (Wildman–Crippen LogP) is 0.560. The van der Waals surface area contributed by atoms with Gasteiger partial charge < -0.3 is 20.1 Å². The van der Waals surface area contributed by atoms with Gasteiger partial charge in [0.25, 0.3) is 0 Å². The van der Waals surface area contributed by atoms with Gasteiger partial charge in [-0.05, 0) is 19.9 Å². The highest BCUT2D eigenvalue weighted by Crippen LogP contribution is 2.07. The first-order valence-electron chi connectivity index (χ1n) is 6.07. The third kappa shape index (κ3) is 7.17. The summed E-state index contributed by atoms with van der Waals surface area (Å²) in [5, 5.41) is 13.0. The number of aliphatic hydroxyl groups is 1. The molecule has 0 aliphatic carbocycles. The summed E-state index contributed by atoms with van der Waals surface area (Å²) in [4.78, 5) is 2.20.